The Hall–Kier alpha value is -2.85. The van der Waals surface area contributed by atoms with E-state index in [1.165, 1.54) is 0 Å². The van der Waals surface area contributed by atoms with Crippen LogP contribution in [-0.4, -0.2) is 18.5 Å². The second kappa shape index (κ2) is 7.15. The molecule has 0 atom stereocenters. The number of esters is 1. The number of nitrogens with zero attached hydrogens (tertiary/aromatic N) is 1. The normalized spacial score (nSPS) is 15.1. The number of para-hydroxylation sites is 1. The Morgan fingerprint density at radius 3 is 2.83 bits per heavy atom. The summed E-state index contributed by atoms with van der Waals surface area (Å²) in [5, 5.41) is 0.548. The van der Waals surface area contributed by atoms with E-state index in [0.717, 1.165) is 5.56 Å². The van der Waals surface area contributed by atoms with Gasteiger partial charge in [-0.2, -0.15) is 0 Å². The Morgan fingerprint density at radius 2 is 2.04 bits per heavy atom. The molecule has 0 aliphatic carbocycles. The Balaban J connectivity index is 1.93. The second-order valence-corrected chi connectivity index (χ2v) is 5.42. The predicted molar refractivity (Wildman–Crippen MR) is 94.2 cm³/mol. The van der Waals surface area contributed by atoms with Crippen LogP contribution in [0.25, 0.3) is 6.08 Å². The summed E-state index contributed by atoms with van der Waals surface area (Å²) >= 11 is 5.96. The van der Waals surface area contributed by atoms with Crippen molar-refractivity contribution in [1.82, 2.24) is 0 Å². The van der Waals surface area contributed by atoms with E-state index in [0.29, 0.717) is 22.9 Å². The summed E-state index contributed by atoms with van der Waals surface area (Å²) in [4.78, 5) is 16.3. The van der Waals surface area contributed by atoms with Gasteiger partial charge in [-0.15, -0.1) is 0 Å². The molecule has 24 heavy (non-hydrogen) atoms. The highest BCUT2D eigenvalue weighted by Crippen LogP contribution is 2.25. The molecular weight excluding hydrogens is 326 g/mol. The van der Waals surface area contributed by atoms with Crippen LogP contribution in [0.2, 0.25) is 5.02 Å². The van der Waals surface area contributed by atoms with Gasteiger partial charge in [-0.3, -0.25) is 0 Å². The first kappa shape index (κ1) is 16.0. The lowest BCUT2D eigenvalue weighted by molar-refractivity contribution is -0.129. The molecule has 3 rings (SSSR count). The predicted octanol–water partition coefficient (Wildman–Crippen LogP) is 4.25. The highest BCUT2D eigenvalue weighted by atomic mass is 35.5. The van der Waals surface area contributed by atoms with Crippen molar-refractivity contribution in [3.8, 4) is 5.75 Å². The van der Waals surface area contributed by atoms with Crippen LogP contribution in [0.4, 0.5) is 0 Å². The number of cyclic esters (lactones) is 1. The minimum absolute atomic E-state index is 0.208. The summed E-state index contributed by atoms with van der Waals surface area (Å²) in [5.41, 5.74) is 1.59. The van der Waals surface area contributed by atoms with E-state index in [4.69, 9.17) is 21.1 Å². The minimum Gasteiger partial charge on any atom is -0.489 e. The lowest BCUT2D eigenvalue weighted by Crippen LogP contribution is -2.05. The van der Waals surface area contributed by atoms with Gasteiger partial charge in [0.25, 0.3) is 0 Å². The third kappa shape index (κ3) is 3.55. The van der Waals surface area contributed by atoms with Gasteiger partial charge in [0.05, 0.1) is 0 Å². The van der Waals surface area contributed by atoms with Crippen LogP contribution in [0.1, 0.15) is 11.1 Å². The Morgan fingerprint density at radius 1 is 1.21 bits per heavy atom. The lowest BCUT2D eigenvalue weighted by atomic mass is 10.1. The van der Waals surface area contributed by atoms with E-state index < -0.39 is 5.97 Å². The molecule has 0 spiro atoms. The number of carbonyl (C=O) groups excluding carboxylic acids is 1. The van der Waals surface area contributed by atoms with Crippen LogP contribution < -0.4 is 4.74 Å². The van der Waals surface area contributed by atoms with Crippen molar-refractivity contribution in [1.29, 1.82) is 0 Å². The number of ether oxygens (including phenoxy) is 2. The molecule has 0 amide bonds. The lowest BCUT2D eigenvalue weighted by Gasteiger charge is -2.06. The maximum atomic E-state index is 12.1. The van der Waals surface area contributed by atoms with Gasteiger partial charge in [0.1, 0.15) is 12.4 Å². The summed E-state index contributed by atoms with van der Waals surface area (Å²) in [6.07, 6.45) is 3.29. The summed E-state index contributed by atoms with van der Waals surface area (Å²) < 4.78 is 10.8. The molecule has 0 saturated heterocycles. The fourth-order valence-corrected chi connectivity index (χ4v) is 2.37. The van der Waals surface area contributed by atoms with E-state index in [9.17, 15) is 4.79 Å². The van der Waals surface area contributed by atoms with Crippen molar-refractivity contribution < 1.29 is 14.3 Å². The van der Waals surface area contributed by atoms with E-state index in [1.807, 2.05) is 24.3 Å². The molecule has 0 N–H and O–H groups in total. The van der Waals surface area contributed by atoms with Gasteiger partial charge in [-0.1, -0.05) is 48.5 Å². The van der Waals surface area contributed by atoms with E-state index >= 15 is 0 Å². The number of hydrogen-bond acceptors (Lipinski definition) is 4. The van der Waals surface area contributed by atoms with Crippen molar-refractivity contribution in [3.05, 3.63) is 83.0 Å². The zero-order chi connectivity index (χ0) is 16.9. The maximum absolute atomic E-state index is 12.1. The molecule has 120 valence electrons. The topological polar surface area (TPSA) is 47.9 Å². The van der Waals surface area contributed by atoms with Gasteiger partial charge >= 0.3 is 5.97 Å². The third-order valence-corrected chi connectivity index (χ3v) is 3.50. The quantitative estimate of drug-likeness (QED) is 0.465. The molecular formula is C19H14ClNO3. The maximum Gasteiger partial charge on any atom is 0.363 e. The molecule has 0 aromatic heterocycles. The number of hydrogen-bond donors (Lipinski definition) is 0. The van der Waals surface area contributed by atoms with Gasteiger partial charge in [-0.05, 0) is 30.3 Å². The van der Waals surface area contributed by atoms with Crippen LogP contribution in [0, 0.1) is 0 Å². The van der Waals surface area contributed by atoms with Crippen molar-refractivity contribution in [2.24, 2.45) is 4.99 Å². The monoisotopic (exact) mass is 339 g/mol. The summed E-state index contributed by atoms with van der Waals surface area (Å²) in [5.74, 6) is 0.367. The molecule has 4 nitrogen and oxygen atoms in total. The Kier molecular flexibility index (Phi) is 4.77. The van der Waals surface area contributed by atoms with E-state index in [2.05, 4.69) is 11.6 Å². The van der Waals surface area contributed by atoms with E-state index in [1.54, 1.807) is 36.4 Å². The van der Waals surface area contributed by atoms with Crippen molar-refractivity contribution in [2.75, 3.05) is 6.61 Å². The van der Waals surface area contributed by atoms with Gasteiger partial charge < -0.3 is 9.47 Å². The van der Waals surface area contributed by atoms with Gasteiger partial charge in [0, 0.05) is 16.1 Å². The van der Waals surface area contributed by atoms with Crippen LogP contribution in [0.15, 0.2) is 71.9 Å². The zero-order valence-corrected chi connectivity index (χ0v) is 13.5. The van der Waals surface area contributed by atoms with E-state index in [-0.39, 0.29) is 11.6 Å². The molecule has 0 bridgehead atoms. The first-order valence-corrected chi connectivity index (χ1v) is 7.66. The first-order chi connectivity index (χ1) is 11.7. The van der Waals surface area contributed by atoms with Crippen LogP contribution >= 0.6 is 11.6 Å². The number of rotatable bonds is 5. The third-order valence-electron chi connectivity index (χ3n) is 3.26. The number of halogens is 1. The number of carbonyl (C=O) groups is 1. The summed E-state index contributed by atoms with van der Waals surface area (Å²) in [7, 11) is 0. The SMILES string of the molecule is C=CCOc1ccccc1C=C1N=C(c2cccc(Cl)c2)OC1=O. The average Bonchev–Trinajstić information content (AvgIpc) is 2.95. The summed E-state index contributed by atoms with van der Waals surface area (Å²) in [6, 6.07) is 14.4. The van der Waals surface area contributed by atoms with Crippen LogP contribution in [0.5, 0.6) is 5.75 Å². The Bertz CT molecular complexity index is 855. The van der Waals surface area contributed by atoms with Gasteiger partial charge in [-0.25, -0.2) is 9.79 Å². The molecule has 1 aliphatic rings. The molecule has 2 aromatic carbocycles. The molecule has 1 aliphatic heterocycles. The van der Waals surface area contributed by atoms with Crippen molar-refractivity contribution in [2.45, 2.75) is 0 Å². The number of benzene rings is 2. The van der Waals surface area contributed by atoms with Gasteiger partial charge in [0.2, 0.25) is 5.90 Å². The molecule has 0 unspecified atom stereocenters. The molecule has 0 saturated carbocycles. The fraction of sp³-hybridized carbons (Fsp3) is 0.0526. The average molecular weight is 340 g/mol. The first-order valence-electron chi connectivity index (χ1n) is 7.28. The highest BCUT2D eigenvalue weighted by Gasteiger charge is 2.24. The smallest absolute Gasteiger partial charge is 0.363 e. The van der Waals surface area contributed by atoms with Crippen molar-refractivity contribution >= 4 is 29.5 Å². The van der Waals surface area contributed by atoms with Gasteiger partial charge in [0.15, 0.2) is 5.70 Å². The minimum atomic E-state index is -0.511. The standard InChI is InChI=1S/C19H14ClNO3/c1-2-10-23-17-9-4-3-6-13(17)12-16-19(22)24-18(21-16)14-7-5-8-15(20)11-14/h2-9,11-12H,1,10H2. The molecule has 0 fully saturated rings. The number of aliphatic imine (C=N–C) groups is 1. The van der Waals surface area contributed by atoms with Crippen molar-refractivity contribution in [3.63, 3.8) is 0 Å². The van der Waals surface area contributed by atoms with Crippen LogP contribution in [-0.2, 0) is 9.53 Å². The van der Waals surface area contributed by atoms with Crippen LogP contribution in [0.3, 0.4) is 0 Å². The zero-order valence-electron chi connectivity index (χ0n) is 12.7. The second-order valence-electron chi connectivity index (χ2n) is 4.98. The Labute approximate surface area is 144 Å². The largest absolute Gasteiger partial charge is 0.489 e. The fourth-order valence-electron chi connectivity index (χ4n) is 2.18. The molecule has 5 heteroatoms. The molecule has 1 heterocycles. The molecule has 2 aromatic rings. The highest BCUT2D eigenvalue weighted by molar-refractivity contribution is 6.31. The molecule has 0 radical (unpaired) electrons. The summed E-state index contributed by atoms with van der Waals surface area (Å²) in [6.45, 7) is 4.00.